The number of carbonyl (C=O) groups excluding carboxylic acids is 1. The van der Waals surface area contributed by atoms with Gasteiger partial charge in [0.25, 0.3) is 5.91 Å². The summed E-state index contributed by atoms with van der Waals surface area (Å²) >= 11 is 6.92. The number of hydrogen-bond donors (Lipinski definition) is 3. The van der Waals surface area contributed by atoms with Crippen molar-refractivity contribution >= 4 is 45.6 Å². The van der Waals surface area contributed by atoms with Gasteiger partial charge in [0.2, 0.25) is 0 Å². The van der Waals surface area contributed by atoms with Gasteiger partial charge in [-0.05, 0) is 18.2 Å². The maximum absolute atomic E-state index is 11.8. The smallest absolute Gasteiger partial charge is 0.335 e. The summed E-state index contributed by atoms with van der Waals surface area (Å²) in [6.45, 7) is 0. The molecule has 0 spiro atoms. The Balaban J connectivity index is 2.23. The number of halogens is 1. The molecule has 1 aromatic heterocycles. The maximum atomic E-state index is 11.8. The predicted molar refractivity (Wildman–Crippen MR) is 72.9 cm³/mol. The second-order valence-electron chi connectivity index (χ2n) is 3.56. The lowest BCUT2D eigenvalue weighted by Gasteiger charge is -2.05. The number of thiazole rings is 1. The van der Waals surface area contributed by atoms with Crippen LogP contribution in [0.1, 0.15) is 20.8 Å². The molecule has 0 bridgehead atoms. The number of rotatable bonds is 3. The minimum absolute atomic E-state index is 0.0133. The number of nitrogens with one attached hydrogen (secondary N) is 1. The molecule has 19 heavy (non-hydrogen) atoms. The van der Waals surface area contributed by atoms with E-state index in [1.807, 2.05) is 0 Å². The van der Waals surface area contributed by atoms with E-state index in [1.54, 1.807) is 0 Å². The summed E-state index contributed by atoms with van der Waals surface area (Å²) in [5.74, 6) is -1.61. The highest BCUT2D eigenvalue weighted by Gasteiger charge is 2.12. The highest BCUT2D eigenvalue weighted by atomic mass is 35.5. The molecular formula is C11H8ClN3O3S. The van der Waals surface area contributed by atoms with Crippen molar-refractivity contribution < 1.29 is 14.7 Å². The first-order chi connectivity index (χ1) is 8.95. The quantitative estimate of drug-likeness (QED) is 0.806. The number of nitrogen functional groups attached to an aromatic ring is 1. The van der Waals surface area contributed by atoms with Gasteiger partial charge in [0, 0.05) is 16.1 Å². The molecule has 0 aliphatic rings. The van der Waals surface area contributed by atoms with Crippen LogP contribution in [0.5, 0.6) is 0 Å². The largest absolute Gasteiger partial charge is 0.478 e. The number of nitrogens with zero attached hydrogens (tertiary/aromatic N) is 1. The third-order valence-electron chi connectivity index (χ3n) is 2.16. The van der Waals surface area contributed by atoms with E-state index < -0.39 is 11.9 Å². The fourth-order valence-corrected chi connectivity index (χ4v) is 2.15. The number of aromatic carboxylic acids is 1. The van der Waals surface area contributed by atoms with Crippen LogP contribution in [0.15, 0.2) is 23.6 Å². The molecule has 6 nitrogen and oxygen atoms in total. The van der Waals surface area contributed by atoms with Crippen LogP contribution in [-0.4, -0.2) is 22.0 Å². The lowest BCUT2D eigenvalue weighted by atomic mass is 10.2. The van der Waals surface area contributed by atoms with Crippen molar-refractivity contribution in [2.45, 2.75) is 0 Å². The van der Waals surface area contributed by atoms with Gasteiger partial charge in [0.05, 0.1) is 5.56 Å². The zero-order valence-corrected chi connectivity index (χ0v) is 11.0. The van der Waals surface area contributed by atoms with Crippen molar-refractivity contribution in [2.75, 3.05) is 11.1 Å². The molecule has 0 fully saturated rings. The van der Waals surface area contributed by atoms with Gasteiger partial charge >= 0.3 is 5.97 Å². The summed E-state index contributed by atoms with van der Waals surface area (Å²) in [6, 6.07) is 4.05. The minimum atomic E-state index is -1.13. The zero-order valence-electron chi connectivity index (χ0n) is 9.38. The average Bonchev–Trinajstić information content (AvgIpc) is 2.75. The Morgan fingerprint density at radius 2 is 2.11 bits per heavy atom. The van der Waals surface area contributed by atoms with Crippen LogP contribution in [0.2, 0.25) is 5.02 Å². The fraction of sp³-hybridized carbons (Fsp3) is 0. The first-order valence-corrected chi connectivity index (χ1v) is 6.27. The fourth-order valence-electron chi connectivity index (χ4n) is 1.37. The van der Waals surface area contributed by atoms with Gasteiger partial charge in [0.15, 0.2) is 5.13 Å². The van der Waals surface area contributed by atoms with Crippen molar-refractivity contribution in [3.05, 3.63) is 39.9 Å². The SMILES string of the molecule is Nc1nc(C(=O)Nc2cc(Cl)cc(C(=O)O)c2)cs1. The van der Waals surface area contributed by atoms with Gasteiger partial charge in [-0.1, -0.05) is 11.6 Å². The van der Waals surface area contributed by atoms with Crippen LogP contribution in [0.3, 0.4) is 0 Å². The van der Waals surface area contributed by atoms with Crippen molar-refractivity contribution in [3.8, 4) is 0 Å². The monoisotopic (exact) mass is 297 g/mol. The number of nitrogens with two attached hydrogens (primary N) is 1. The molecule has 0 unspecified atom stereocenters. The predicted octanol–water partition coefficient (Wildman–Crippen LogP) is 2.33. The highest BCUT2D eigenvalue weighted by Crippen LogP contribution is 2.20. The summed E-state index contributed by atoms with van der Waals surface area (Å²) in [5.41, 5.74) is 5.86. The second kappa shape index (κ2) is 5.25. The Kier molecular flexibility index (Phi) is 3.68. The summed E-state index contributed by atoms with van der Waals surface area (Å²) in [5, 5.41) is 13.4. The number of carbonyl (C=O) groups is 2. The van der Waals surface area contributed by atoms with Crippen LogP contribution in [0.25, 0.3) is 0 Å². The lowest BCUT2D eigenvalue weighted by molar-refractivity contribution is 0.0696. The number of amides is 1. The zero-order chi connectivity index (χ0) is 14.0. The van der Waals surface area contributed by atoms with E-state index in [1.165, 1.54) is 23.6 Å². The first-order valence-electron chi connectivity index (χ1n) is 5.02. The molecule has 0 saturated heterocycles. The average molecular weight is 298 g/mol. The lowest BCUT2D eigenvalue weighted by Crippen LogP contribution is -2.13. The summed E-state index contributed by atoms with van der Waals surface area (Å²) in [6.07, 6.45) is 0. The normalized spacial score (nSPS) is 10.2. The Labute approximate surface area is 116 Å². The van der Waals surface area contributed by atoms with Gasteiger partial charge in [-0.25, -0.2) is 9.78 Å². The van der Waals surface area contributed by atoms with Crippen molar-refractivity contribution in [3.63, 3.8) is 0 Å². The molecule has 1 aromatic carbocycles. The highest BCUT2D eigenvalue weighted by molar-refractivity contribution is 7.13. The van der Waals surface area contributed by atoms with Crippen molar-refractivity contribution in [2.24, 2.45) is 0 Å². The number of carboxylic acid groups (broad SMARTS) is 1. The van der Waals surface area contributed by atoms with Gasteiger partial charge in [-0.2, -0.15) is 0 Å². The Bertz CT molecular complexity index is 656. The van der Waals surface area contributed by atoms with Crippen LogP contribution in [0, 0.1) is 0 Å². The third kappa shape index (κ3) is 3.21. The molecule has 0 atom stereocenters. The van der Waals surface area contributed by atoms with Crippen LogP contribution >= 0.6 is 22.9 Å². The molecule has 1 amide bonds. The molecule has 0 radical (unpaired) electrons. The van der Waals surface area contributed by atoms with Crippen molar-refractivity contribution in [1.29, 1.82) is 0 Å². The summed E-state index contributed by atoms with van der Waals surface area (Å²) in [4.78, 5) is 26.5. The molecule has 0 saturated carbocycles. The first kappa shape index (κ1) is 13.3. The van der Waals surface area contributed by atoms with Gasteiger partial charge < -0.3 is 16.2 Å². The van der Waals surface area contributed by atoms with E-state index in [9.17, 15) is 9.59 Å². The van der Waals surface area contributed by atoms with E-state index in [4.69, 9.17) is 22.4 Å². The van der Waals surface area contributed by atoms with Crippen molar-refractivity contribution in [1.82, 2.24) is 4.98 Å². The molecular weight excluding hydrogens is 290 g/mol. The molecule has 0 aliphatic carbocycles. The summed E-state index contributed by atoms with van der Waals surface area (Å²) < 4.78 is 0. The molecule has 8 heteroatoms. The number of hydrogen-bond acceptors (Lipinski definition) is 5. The van der Waals surface area contributed by atoms with E-state index >= 15 is 0 Å². The third-order valence-corrected chi connectivity index (χ3v) is 3.05. The van der Waals surface area contributed by atoms with E-state index in [-0.39, 0.29) is 27.1 Å². The number of aromatic nitrogens is 1. The molecule has 2 aromatic rings. The van der Waals surface area contributed by atoms with E-state index in [0.717, 1.165) is 11.3 Å². The minimum Gasteiger partial charge on any atom is -0.478 e. The topological polar surface area (TPSA) is 105 Å². The number of benzene rings is 1. The number of carboxylic acids is 1. The standard InChI is InChI=1S/C11H8ClN3O3S/c12-6-1-5(10(17)18)2-7(3-6)14-9(16)8-4-19-11(13)15-8/h1-4H,(H2,13,15)(H,14,16)(H,17,18). The number of anilines is 2. The molecule has 4 N–H and O–H groups in total. The van der Waals surface area contributed by atoms with Crippen LogP contribution in [0.4, 0.5) is 10.8 Å². The van der Waals surface area contributed by atoms with Crippen LogP contribution in [-0.2, 0) is 0 Å². The Morgan fingerprint density at radius 1 is 1.37 bits per heavy atom. The van der Waals surface area contributed by atoms with Gasteiger partial charge in [-0.3, -0.25) is 4.79 Å². The van der Waals surface area contributed by atoms with Crippen LogP contribution < -0.4 is 11.1 Å². The molecule has 2 rings (SSSR count). The molecule has 98 valence electrons. The molecule has 1 heterocycles. The maximum Gasteiger partial charge on any atom is 0.335 e. The Hall–Kier alpha value is -2.12. The van der Waals surface area contributed by atoms with Gasteiger partial charge in [0.1, 0.15) is 5.69 Å². The van der Waals surface area contributed by atoms with E-state index in [0.29, 0.717) is 0 Å². The molecule has 0 aliphatic heterocycles. The summed E-state index contributed by atoms with van der Waals surface area (Å²) in [7, 11) is 0. The Morgan fingerprint density at radius 3 is 2.68 bits per heavy atom. The van der Waals surface area contributed by atoms with E-state index in [2.05, 4.69) is 10.3 Å². The second-order valence-corrected chi connectivity index (χ2v) is 4.88. The van der Waals surface area contributed by atoms with Gasteiger partial charge in [-0.15, -0.1) is 11.3 Å².